The molecule has 0 amide bonds. The fraction of sp³-hybridized carbons (Fsp3) is 0.476. The van der Waals surface area contributed by atoms with Crippen LogP contribution >= 0.6 is 11.6 Å². The van der Waals surface area contributed by atoms with E-state index in [1.165, 1.54) is 18.2 Å². The van der Waals surface area contributed by atoms with Gasteiger partial charge >= 0.3 is 0 Å². The summed E-state index contributed by atoms with van der Waals surface area (Å²) in [6.07, 6.45) is 2.17. The van der Waals surface area contributed by atoms with Gasteiger partial charge in [-0.25, -0.2) is 15.0 Å². The van der Waals surface area contributed by atoms with Gasteiger partial charge in [0, 0.05) is 10.4 Å². The molecule has 2 aromatic heterocycles. The Morgan fingerprint density at radius 3 is 2.81 bits per heavy atom. The van der Waals surface area contributed by atoms with Crippen LogP contribution in [0.4, 0.5) is 5.82 Å². The van der Waals surface area contributed by atoms with Gasteiger partial charge in [0.05, 0.1) is 19.5 Å². The van der Waals surface area contributed by atoms with E-state index in [0.29, 0.717) is 22.8 Å². The van der Waals surface area contributed by atoms with Crippen LogP contribution < -0.4 is 5.73 Å². The minimum absolute atomic E-state index is 0.0680. The first-order valence-electron chi connectivity index (χ1n) is 10.3. The lowest BCUT2D eigenvalue weighted by molar-refractivity contribution is -0.0761. The van der Waals surface area contributed by atoms with Gasteiger partial charge in [0.1, 0.15) is 30.2 Å². The molecule has 1 aromatic carbocycles. The number of nitrogen functional groups attached to an aromatic ring is 1. The van der Waals surface area contributed by atoms with E-state index in [9.17, 15) is 10.2 Å². The van der Waals surface area contributed by atoms with Gasteiger partial charge in [-0.3, -0.25) is 4.57 Å². The molecule has 9 nitrogen and oxygen atoms in total. The highest BCUT2D eigenvalue weighted by atomic mass is 35.5. The number of aromatic nitrogens is 4. The third-order valence-corrected chi connectivity index (χ3v) is 6.64. The number of anilines is 1. The van der Waals surface area contributed by atoms with Gasteiger partial charge in [-0.1, -0.05) is 30.2 Å². The lowest BCUT2D eigenvalue weighted by Gasteiger charge is -2.42. The standard InChI is InChI=1S/C21H24ClN5O4/c22-13-4-1-3-12(7-13)21(5-2-6-21)9-30-8-14-16(28)17(29)20(31-14)27-11-26-15-18(23)24-10-25-19(15)27/h1,3-4,7,10-11,14,16-17,20,28-29H,2,5-6,8-9H2,(H2,23,24,25)/t14-,16-,17-,20-/m1/s1. The van der Waals surface area contributed by atoms with Gasteiger partial charge in [0.15, 0.2) is 17.7 Å². The number of aliphatic hydroxyl groups excluding tert-OH is 2. The Morgan fingerprint density at radius 1 is 1.23 bits per heavy atom. The second-order valence-electron chi connectivity index (χ2n) is 8.29. The molecule has 164 valence electrons. The molecule has 4 atom stereocenters. The number of aliphatic hydroxyl groups is 2. The monoisotopic (exact) mass is 445 g/mol. The van der Waals surface area contributed by atoms with Crippen molar-refractivity contribution in [1.82, 2.24) is 19.5 Å². The molecule has 4 N–H and O–H groups in total. The highest BCUT2D eigenvalue weighted by Gasteiger charge is 2.45. The topological polar surface area (TPSA) is 129 Å². The summed E-state index contributed by atoms with van der Waals surface area (Å²) in [6, 6.07) is 7.88. The minimum Gasteiger partial charge on any atom is -0.387 e. The van der Waals surface area contributed by atoms with Gasteiger partial charge < -0.3 is 25.4 Å². The number of hydrogen-bond acceptors (Lipinski definition) is 8. The van der Waals surface area contributed by atoms with Crippen molar-refractivity contribution < 1.29 is 19.7 Å². The number of benzene rings is 1. The summed E-state index contributed by atoms with van der Waals surface area (Å²) in [6.45, 7) is 0.652. The number of ether oxygens (including phenoxy) is 2. The average Bonchev–Trinajstić information content (AvgIpc) is 3.27. The largest absolute Gasteiger partial charge is 0.387 e. The molecular weight excluding hydrogens is 422 g/mol. The van der Waals surface area contributed by atoms with E-state index in [0.717, 1.165) is 19.3 Å². The number of fused-ring (bicyclic) bond motifs is 1. The first kappa shape index (κ1) is 20.6. The van der Waals surface area contributed by atoms with E-state index in [1.54, 1.807) is 4.57 Å². The molecule has 1 aliphatic carbocycles. The Morgan fingerprint density at radius 2 is 2.06 bits per heavy atom. The molecule has 1 saturated heterocycles. The molecule has 1 aliphatic heterocycles. The van der Waals surface area contributed by atoms with Gasteiger partial charge in [-0.15, -0.1) is 0 Å². The Hall–Kier alpha value is -2.30. The molecule has 0 spiro atoms. The second-order valence-corrected chi connectivity index (χ2v) is 8.73. The highest BCUT2D eigenvalue weighted by Crippen LogP contribution is 2.44. The van der Waals surface area contributed by atoms with E-state index in [-0.39, 0.29) is 17.8 Å². The molecule has 3 heterocycles. The maximum atomic E-state index is 10.6. The summed E-state index contributed by atoms with van der Waals surface area (Å²) in [7, 11) is 0. The smallest absolute Gasteiger partial charge is 0.167 e. The van der Waals surface area contributed by atoms with Crippen LogP contribution in [0.25, 0.3) is 11.2 Å². The Bertz CT molecular complexity index is 1090. The summed E-state index contributed by atoms with van der Waals surface area (Å²) in [4.78, 5) is 12.3. The van der Waals surface area contributed by atoms with E-state index >= 15 is 0 Å². The van der Waals surface area contributed by atoms with Crippen molar-refractivity contribution in [3.05, 3.63) is 47.5 Å². The summed E-state index contributed by atoms with van der Waals surface area (Å²) < 4.78 is 13.5. The van der Waals surface area contributed by atoms with Crippen molar-refractivity contribution in [2.24, 2.45) is 0 Å². The molecule has 1 saturated carbocycles. The van der Waals surface area contributed by atoms with Crippen LogP contribution in [0.3, 0.4) is 0 Å². The summed E-state index contributed by atoms with van der Waals surface area (Å²) in [5, 5.41) is 21.8. The third-order valence-electron chi connectivity index (χ3n) is 6.41. The van der Waals surface area contributed by atoms with Crippen molar-refractivity contribution in [2.45, 2.75) is 49.2 Å². The van der Waals surface area contributed by atoms with Crippen molar-refractivity contribution in [3.8, 4) is 0 Å². The normalized spacial score (nSPS) is 27.5. The molecule has 2 fully saturated rings. The fourth-order valence-corrected chi connectivity index (χ4v) is 4.65. The van der Waals surface area contributed by atoms with Gasteiger partial charge in [-0.2, -0.15) is 0 Å². The minimum atomic E-state index is -1.16. The van der Waals surface area contributed by atoms with Crippen molar-refractivity contribution >= 4 is 28.6 Å². The fourth-order valence-electron chi connectivity index (χ4n) is 4.46. The third kappa shape index (κ3) is 3.56. The predicted molar refractivity (Wildman–Crippen MR) is 113 cm³/mol. The molecule has 5 rings (SSSR count). The zero-order chi connectivity index (χ0) is 21.6. The Balaban J connectivity index is 1.27. The zero-order valence-corrected chi connectivity index (χ0v) is 17.5. The molecule has 0 unspecified atom stereocenters. The Labute approximate surface area is 183 Å². The van der Waals surface area contributed by atoms with E-state index < -0.39 is 24.5 Å². The van der Waals surface area contributed by atoms with Crippen LogP contribution in [0, 0.1) is 0 Å². The number of nitrogens with two attached hydrogens (primary N) is 1. The van der Waals surface area contributed by atoms with Crippen molar-refractivity contribution in [2.75, 3.05) is 18.9 Å². The van der Waals surface area contributed by atoms with Gasteiger partial charge in [0.25, 0.3) is 0 Å². The van der Waals surface area contributed by atoms with Crippen LogP contribution in [0.2, 0.25) is 5.02 Å². The molecule has 0 radical (unpaired) electrons. The van der Waals surface area contributed by atoms with E-state index in [4.69, 9.17) is 26.8 Å². The van der Waals surface area contributed by atoms with Crippen molar-refractivity contribution in [1.29, 1.82) is 0 Å². The Kier molecular flexibility index (Phi) is 5.31. The molecule has 31 heavy (non-hydrogen) atoms. The molecule has 3 aromatic rings. The SMILES string of the molecule is Nc1ncnc2c1ncn2[C@@H]1O[C@H](COCC2(c3cccc(Cl)c3)CCC2)[C@@H](O)[C@H]1O. The quantitative estimate of drug-likeness (QED) is 0.524. The maximum Gasteiger partial charge on any atom is 0.167 e. The number of halogens is 1. The van der Waals surface area contributed by atoms with Gasteiger partial charge in [0.2, 0.25) is 0 Å². The highest BCUT2D eigenvalue weighted by molar-refractivity contribution is 6.30. The lowest BCUT2D eigenvalue weighted by atomic mass is 9.65. The number of rotatable bonds is 6. The first-order chi connectivity index (χ1) is 15.0. The van der Waals surface area contributed by atoms with Crippen LogP contribution in [0.15, 0.2) is 36.9 Å². The lowest BCUT2D eigenvalue weighted by Crippen LogP contribution is -2.41. The summed E-state index contributed by atoms with van der Waals surface area (Å²) in [5.74, 6) is 0.239. The molecule has 10 heteroatoms. The summed E-state index contributed by atoms with van der Waals surface area (Å²) in [5.41, 5.74) is 7.78. The van der Waals surface area contributed by atoms with E-state index in [1.807, 2.05) is 18.2 Å². The zero-order valence-electron chi connectivity index (χ0n) is 16.8. The predicted octanol–water partition coefficient (Wildman–Crippen LogP) is 1.82. The summed E-state index contributed by atoms with van der Waals surface area (Å²) >= 11 is 6.17. The van der Waals surface area contributed by atoms with Crippen molar-refractivity contribution in [3.63, 3.8) is 0 Å². The van der Waals surface area contributed by atoms with Gasteiger partial charge in [-0.05, 0) is 30.5 Å². The number of nitrogens with zero attached hydrogens (tertiary/aromatic N) is 4. The number of imidazole rings is 1. The average molecular weight is 446 g/mol. The first-order valence-corrected chi connectivity index (χ1v) is 10.6. The molecular formula is C21H24ClN5O4. The second kappa shape index (κ2) is 7.99. The van der Waals surface area contributed by atoms with E-state index in [2.05, 4.69) is 21.0 Å². The molecule has 2 aliphatic rings. The van der Waals surface area contributed by atoms with Crippen LogP contribution in [-0.4, -0.2) is 61.3 Å². The van der Waals surface area contributed by atoms with Crippen LogP contribution in [0.1, 0.15) is 31.1 Å². The van der Waals surface area contributed by atoms with Crippen LogP contribution in [0.5, 0.6) is 0 Å². The van der Waals surface area contributed by atoms with Crippen LogP contribution in [-0.2, 0) is 14.9 Å². The maximum absolute atomic E-state index is 10.6. The number of hydrogen-bond donors (Lipinski definition) is 3. The molecule has 0 bridgehead atoms.